The van der Waals surface area contributed by atoms with Crippen LogP contribution in [0.2, 0.25) is 0 Å². The van der Waals surface area contributed by atoms with Crippen LogP contribution in [0.4, 0.5) is 0 Å². The zero-order chi connectivity index (χ0) is 25.3. The van der Waals surface area contributed by atoms with Crippen molar-refractivity contribution in [1.82, 2.24) is 4.90 Å². The van der Waals surface area contributed by atoms with Crippen LogP contribution in [0.15, 0.2) is 48.0 Å². The van der Waals surface area contributed by atoms with E-state index in [4.69, 9.17) is 14.2 Å². The molecule has 2 aromatic carbocycles. The zero-order valence-corrected chi connectivity index (χ0v) is 20.6. The lowest BCUT2D eigenvalue weighted by Gasteiger charge is -2.30. The first-order chi connectivity index (χ1) is 16.2. The molecule has 0 aliphatic carbocycles. The minimum Gasteiger partial charge on any atom is -0.497 e. The lowest BCUT2D eigenvalue weighted by atomic mass is 10.0. The number of benzene rings is 2. The first kappa shape index (κ1) is 26.5. The quantitative estimate of drug-likeness (QED) is 0.267. The van der Waals surface area contributed by atoms with Gasteiger partial charge in [0.2, 0.25) is 5.78 Å². The van der Waals surface area contributed by atoms with Crippen molar-refractivity contribution in [2.45, 2.75) is 46.7 Å². The summed E-state index contributed by atoms with van der Waals surface area (Å²) in [6.07, 6.45) is 1.50. The van der Waals surface area contributed by atoms with Crippen LogP contribution in [-0.4, -0.2) is 49.0 Å². The molecule has 7 heteroatoms. The van der Waals surface area contributed by atoms with Gasteiger partial charge >= 0.3 is 0 Å². The highest BCUT2D eigenvalue weighted by molar-refractivity contribution is 6.14. The highest BCUT2D eigenvalue weighted by Gasteiger charge is 2.21. The number of methoxy groups -OCH3 is 1. The third kappa shape index (κ3) is 6.85. The third-order valence-electron chi connectivity index (χ3n) is 5.05. The standard InChI is InChI=1S/C27H32N2O5/c1-7-33-25-15-20(8-13-24(25)34-17-26(30)29(18(2)3)19(4)5)14-22(16-28)27(31)21-9-11-23(32-6)12-10-21/h8-15,18-19H,7,17H2,1-6H3/b22-14+. The van der Waals surface area contributed by atoms with Gasteiger partial charge in [-0.1, -0.05) is 6.07 Å². The number of amides is 1. The van der Waals surface area contributed by atoms with Gasteiger partial charge in [0.05, 0.1) is 13.7 Å². The summed E-state index contributed by atoms with van der Waals surface area (Å²) in [5.74, 6) is 0.961. The highest BCUT2D eigenvalue weighted by atomic mass is 16.5. The van der Waals surface area contributed by atoms with Gasteiger partial charge in [0.25, 0.3) is 5.91 Å². The van der Waals surface area contributed by atoms with Crippen molar-refractivity contribution in [2.24, 2.45) is 0 Å². The number of Topliss-reactive ketones (excluding diaryl/α,β-unsaturated/α-hetero) is 1. The molecule has 0 aliphatic rings. The lowest BCUT2D eigenvalue weighted by molar-refractivity contribution is -0.137. The van der Waals surface area contributed by atoms with E-state index >= 15 is 0 Å². The van der Waals surface area contributed by atoms with E-state index in [0.717, 1.165) is 0 Å². The third-order valence-corrected chi connectivity index (χ3v) is 5.05. The van der Waals surface area contributed by atoms with Crippen molar-refractivity contribution in [3.05, 3.63) is 59.2 Å². The topological polar surface area (TPSA) is 88.9 Å². The summed E-state index contributed by atoms with van der Waals surface area (Å²) < 4.78 is 16.6. The maximum atomic E-state index is 12.8. The maximum absolute atomic E-state index is 12.8. The number of rotatable bonds is 11. The van der Waals surface area contributed by atoms with Crippen LogP contribution in [0, 0.1) is 11.3 Å². The molecule has 0 N–H and O–H groups in total. The van der Waals surface area contributed by atoms with E-state index in [0.29, 0.717) is 35.0 Å². The fourth-order valence-corrected chi connectivity index (χ4v) is 3.60. The molecule has 0 saturated carbocycles. The summed E-state index contributed by atoms with van der Waals surface area (Å²) in [6, 6.07) is 13.7. The van der Waals surface area contributed by atoms with Gasteiger partial charge in [-0.25, -0.2) is 0 Å². The van der Waals surface area contributed by atoms with Gasteiger partial charge in [0, 0.05) is 17.6 Å². The van der Waals surface area contributed by atoms with Crippen LogP contribution in [0.25, 0.3) is 6.08 Å². The number of carbonyl (C=O) groups excluding carboxylic acids is 2. The van der Waals surface area contributed by atoms with Crippen LogP contribution in [0.5, 0.6) is 17.2 Å². The number of hydrogen-bond acceptors (Lipinski definition) is 6. The molecule has 180 valence electrons. The Hall–Kier alpha value is -3.79. The van der Waals surface area contributed by atoms with Crippen LogP contribution in [0.3, 0.4) is 0 Å². The van der Waals surface area contributed by atoms with E-state index < -0.39 is 5.78 Å². The first-order valence-corrected chi connectivity index (χ1v) is 11.2. The summed E-state index contributed by atoms with van der Waals surface area (Å²) >= 11 is 0. The Labute approximate surface area is 201 Å². The molecule has 0 spiro atoms. The van der Waals surface area contributed by atoms with E-state index in [1.807, 2.05) is 40.7 Å². The summed E-state index contributed by atoms with van der Waals surface area (Å²) in [5, 5.41) is 9.57. The Kier molecular flexibility index (Phi) is 9.69. The summed E-state index contributed by atoms with van der Waals surface area (Å²) in [6.45, 7) is 9.96. The SMILES string of the molecule is CCOc1cc(/C=C(\C#N)C(=O)c2ccc(OC)cc2)ccc1OCC(=O)N(C(C)C)C(C)C. The van der Waals surface area contributed by atoms with E-state index in [1.54, 1.807) is 54.5 Å². The number of ketones is 1. The van der Waals surface area contributed by atoms with Gasteiger partial charge < -0.3 is 19.1 Å². The first-order valence-electron chi connectivity index (χ1n) is 11.2. The number of nitrogens with zero attached hydrogens (tertiary/aromatic N) is 2. The highest BCUT2D eigenvalue weighted by Crippen LogP contribution is 2.30. The Balaban J connectivity index is 2.25. The van der Waals surface area contributed by atoms with Crippen molar-refractivity contribution in [3.63, 3.8) is 0 Å². The van der Waals surface area contributed by atoms with Crippen molar-refractivity contribution >= 4 is 17.8 Å². The smallest absolute Gasteiger partial charge is 0.260 e. The number of allylic oxidation sites excluding steroid dienone is 1. The molecule has 0 fully saturated rings. The second-order valence-corrected chi connectivity index (χ2v) is 8.14. The van der Waals surface area contributed by atoms with Gasteiger partial charge in [-0.15, -0.1) is 0 Å². The minimum absolute atomic E-state index is 0.0130. The summed E-state index contributed by atoms with van der Waals surface area (Å²) in [4.78, 5) is 27.2. The molecule has 7 nitrogen and oxygen atoms in total. The fraction of sp³-hybridized carbons (Fsp3) is 0.370. The van der Waals surface area contributed by atoms with Gasteiger partial charge in [0.15, 0.2) is 18.1 Å². The molecule has 0 heterocycles. The molecule has 0 unspecified atom stereocenters. The van der Waals surface area contributed by atoms with E-state index in [1.165, 1.54) is 6.08 Å². The molecule has 0 radical (unpaired) electrons. The van der Waals surface area contributed by atoms with E-state index in [9.17, 15) is 14.9 Å². The number of ether oxygens (including phenoxy) is 3. The normalized spacial score (nSPS) is 11.2. The number of nitriles is 1. The van der Waals surface area contributed by atoms with Gasteiger partial charge in [-0.05, 0) is 82.7 Å². The largest absolute Gasteiger partial charge is 0.497 e. The van der Waals surface area contributed by atoms with E-state index in [-0.39, 0.29) is 30.2 Å². The molecular weight excluding hydrogens is 432 g/mol. The summed E-state index contributed by atoms with van der Waals surface area (Å²) in [7, 11) is 1.54. The molecule has 2 rings (SSSR count). The molecule has 0 bridgehead atoms. The molecule has 0 saturated heterocycles. The predicted octanol–water partition coefficient (Wildman–Crippen LogP) is 4.91. The molecule has 0 atom stereocenters. The molecule has 0 aliphatic heterocycles. The Bertz CT molecular complexity index is 1060. The van der Waals surface area contributed by atoms with Crippen LogP contribution in [-0.2, 0) is 4.79 Å². The molecular formula is C27H32N2O5. The Morgan fingerprint density at radius 3 is 2.18 bits per heavy atom. The van der Waals surface area contributed by atoms with Gasteiger partial charge in [-0.3, -0.25) is 9.59 Å². The van der Waals surface area contributed by atoms with Crippen LogP contribution in [0.1, 0.15) is 50.5 Å². The van der Waals surface area contributed by atoms with E-state index in [2.05, 4.69) is 0 Å². The van der Waals surface area contributed by atoms with Crippen LogP contribution < -0.4 is 14.2 Å². The molecule has 34 heavy (non-hydrogen) atoms. The maximum Gasteiger partial charge on any atom is 0.260 e. The fourth-order valence-electron chi connectivity index (χ4n) is 3.60. The van der Waals surface area contributed by atoms with Gasteiger partial charge in [0.1, 0.15) is 17.4 Å². The number of carbonyl (C=O) groups is 2. The average molecular weight is 465 g/mol. The Morgan fingerprint density at radius 2 is 1.65 bits per heavy atom. The minimum atomic E-state index is -0.392. The second-order valence-electron chi connectivity index (χ2n) is 8.14. The van der Waals surface area contributed by atoms with Crippen molar-refractivity contribution in [1.29, 1.82) is 5.26 Å². The molecule has 2 aromatic rings. The van der Waals surface area contributed by atoms with Crippen molar-refractivity contribution < 1.29 is 23.8 Å². The lowest BCUT2D eigenvalue weighted by Crippen LogP contribution is -2.44. The van der Waals surface area contributed by atoms with Crippen molar-refractivity contribution in [2.75, 3.05) is 20.3 Å². The average Bonchev–Trinajstić information content (AvgIpc) is 2.81. The summed E-state index contributed by atoms with van der Waals surface area (Å²) in [5.41, 5.74) is 0.976. The molecule has 0 aromatic heterocycles. The Morgan fingerprint density at radius 1 is 1.00 bits per heavy atom. The predicted molar refractivity (Wildman–Crippen MR) is 131 cm³/mol. The second kappa shape index (κ2) is 12.4. The van der Waals surface area contributed by atoms with Crippen LogP contribution >= 0.6 is 0 Å². The van der Waals surface area contributed by atoms with Crippen molar-refractivity contribution in [3.8, 4) is 23.3 Å². The monoisotopic (exact) mass is 464 g/mol. The number of hydrogen-bond donors (Lipinski definition) is 0. The van der Waals surface area contributed by atoms with Gasteiger partial charge in [-0.2, -0.15) is 5.26 Å². The zero-order valence-electron chi connectivity index (χ0n) is 20.6. The molecule has 1 amide bonds.